The molecule has 2 aliphatic heterocycles. The van der Waals surface area contributed by atoms with Gasteiger partial charge < -0.3 is 10.2 Å². The zero-order valence-corrected chi connectivity index (χ0v) is 19.9. The molecule has 0 aromatic heterocycles. The number of hydrogen-bond acceptors (Lipinski definition) is 4. The number of amides is 1. The number of rotatable bonds is 6. The first-order valence-corrected chi connectivity index (χ1v) is 12.7. The predicted molar refractivity (Wildman–Crippen MR) is 118 cm³/mol. The van der Waals surface area contributed by atoms with E-state index < -0.39 is 10.0 Å². The highest BCUT2D eigenvalue weighted by atomic mass is 79.9. The quantitative estimate of drug-likeness (QED) is 0.670. The van der Waals surface area contributed by atoms with Crippen molar-refractivity contribution in [2.24, 2.45) is 11.8 Å². The summed E-state index contributed by atoms with van der Waals surface area (Å²) >= 11 is 3.41. The van der Waals surface area contributed by atoms with Crippen LogP contribution in [-0.2, 0) is 10.0 Å². The Balaban J connectivity index is 1.68. The van der Waals surface area contributed by atoms with Crippen molar-refractivity contribution in [3.63, 3.8) is 0 Å². The Labute approximate surface area is 183 Å². The lowest BCUT2D eigenvalue weighted by molar-refractivity contribution is 0.0904. The standard InChI is InChI=1S/C21H32BrN3O3S/c1-15-10-16(2)13-24(12-15)14-17(3)23-21(26)19-11-18(6-7-20(19)22)29(27,28)25-8-4-5-9-25/h6-7,11,15-17H,4-5,8-10,12-14H2,1-3H3,(H,23,26). The highest BCUT2D eigenvalue weighted by Gasteiger charge is 2.29. The molecule has 1 aromatic carbocycles. The average molecular weight is 486 g/mol. The summed E-state index contributed by atoms with van der Waals surface area (Å²) in [7, 11) is -3.55. The Morgan fingerprint density at radius 2 is 1.83 bits per heavy atom. The van der Waals surface area contributed by atoms with Gasteiger partial charge in [0.25, 0.3) is 5.91 Å². The average Bonchev–Trinajstić information content (AvgIpc) is 3.16. The molecule has 0 bridgehead atoms. The summed E-state index contributed by atoms with van der Waals surface area (Å²) in [5.74, 6) is 1.09. The van der Waals surface area contributed by atoms with Crippen molar-refractivity contribution in [3.8, 4) is 0 Å². The second-order valence-electron chi connectivity index (χ2n) is 8.79. The van der Waals surface area contributed by atoms with Gasteiger partial charge in [-0.25, -0.2) is 8.42 Å². The SMILES string of the molecule is CC1CC(C)CN(CC(C)NC(=O)c2cc(S(=O)(=O)N3CCCC3)ccc2Br)C1. The number of carbonyl (C=O) groups excluding carboxylic acids is 1. The second-order valence-corrected chi connectivity index (χ2v) is 11.6. The lowest BCUT2D eigenvalue weighted by Crippen LogP contribution is -2.47. The van der Waals surface area contributed by atoms with Crippen LogP contribution in [0.2, 0.25) is 0 Å². The molecule has 0 aliphatic carbocycles. The molecule has 1 amide bonds. The zero-order valence-electron chi connectivity index (χ0n) is 17.5. The molecule has 0 radical (unpaired) electrons. The number of sulfonamides is 1. The highest BCUT2D eigenvalue weighted by molar-refractivity contribution is 9.10. The van der Waals surface area contributed by atoms with E-state index >= 15 is 0 Å². The van der Waals surface area contributed by atoms with Crippen LogP contribution in [-0.4, -0.2) is 62.3 Å². The van der Waals surface area contributed by atoms with E-state index in [1.165, 1.54) is 16.8 Å². The third-order valence-corrected chi connectivity index (χ3v) is 8.33. The van der Waals surface area contributed by atoms with Crippen LogP contribution in [0.3, 0.4) is 0 Å². The van der Waals surface area contributed by atoms with Gasteiger partial charge in [-0.1, -0.05) is 13.8 Å². The van der Waals surface area contributed by atoms with Crippen molar-refractivity contribution in [3.05, 3.63) is 28.2 Å². The Morgan fingerprint density at radius 3 is 2.45 bits per heavy atom. The monoisotopic (exact) mass is 485 g/mol. The summed E-state index contributed by atoms with van der Waals surface area (Å²) in [6, 6.07) is 4.68. The molecule has 8 heteroatoms. The number of nitrogens with one attached hydrogen (secondary N) is 1. The molecule has 0 saturated carbocycles. The summed E-state index contributed by atoms with van der Waals surface area (Å²) in [4.78, 5) is 15.5. The van der Waals surface area contributed by atoms with Crippen LogP contribution >= 0.6 is 15.9 Å². The molecular weight excluding hydrogens is 454 g/mol. The highest BCUT2D eigenvalue weighted by Crippen LogP contribution is 2.26. The summed E-state index contributed by atoms with van der Waals surface area (Å²) < 4.78 is 27.8. The molecular formula is C21H32BrN3O3S. The number of likely N-dealkylation sites (tertiary alicyclic amines) is 1. The van der Waals surface area contributed by atoms with Crippen LogP contribution in [0.4, 0.5) is 0 Å². The molecule has 3 rings (SSSR count). The summed E-state index contributed by atoms with van der Waals surface area (Å²) in [6.07, 6.45) is 3.02. The van der Waals surface area contributed by atoms with E-state index in [0.717, 1.165) is 32.5 Å². The molecule has 2 saturated heterocycles. The van der Waals surface area contributed by atoms with E-state index in [9.17, 15) is 13.2 Å². The van der Waals surface area contributed by atoms with Gasteiger partial charge in [-0.2, -0.15) is 4.31 Å². The van der Waals surface area contributed by atoms with E-state index in [1.54, 1.807) is 12.1 Å². The van der Waals surface area contributed by atoms with Crippen LogP contribution in [0.5, 0.6) is 0 Å². The predicted octanol–water partition coefficient (Wildman–Crippen LogP) is 3.33. The minimum Gasteiger partial charge on any atom is -0.348 e. The first-order chi connectivity index (χ1) is 13.7. The summed E-state index contributed by atoms with van der Waals surface area (Å²) in [6.45, 7) is 10.5. The van der Waals surface area contributed by atoms with Gasteiger partial charge in [0.1, 0.15) is 0 Å². The smallest absolute Gasteiger partial charge is 0.252 e. The second kappa shape index (κ2) is 9.45. The Hall–Kier alpha value is -0.960. The minimum absolute atomic E-state index is 0.0225. The Morgan fingerprint density at radius 1 is 1.21 bits per heavy atom. The van der Waals surface area contributed by atoms with Crippen LogP contribution in [0.25, 0.3) is 0 Å². The van der Waals surface area contributed by atoms with Crippen molar-refractivity contribution in [1.82, 2.24) is 14.5 Å². The maximum atomic E-state index is 12.9. The normalized spacial score (nSPS) is 25.1. The van der Waals surface area contributed by atoms with Gasteiger partial charge in [0.15, 0.2) is 0 Å². The van der Waals surface area contributed by atoms with Crippen LogP contribution in [0, 0.1) is 11.8 Å². The zero-order chi connectivity index (χ0) is 21.2. The number of carbonyl (C=O) groups is 1. The molecule has 162 valence electrons. The number of hydrogen-bond donors (Lipinski definition) is 1. The van der Waals surface area contributed by atoms with Crippen molar-refractivity contribution in [1.29, 1.82) is 0 Å². The van der Waals surface area contributed by atoms with Crippen molar-refractivity contribution in [2.45, 2.75) is 51.0 Å². The Kier molecular flexibility index (Phi) is 7.41. The molecule has 3 unspecified atom stereocenters. The number of piperidine rings is 1. The van der Waals surface area contributed by atoms with E-state index in [-0.39, 0.29) is 16.8 Å². The van der Waals surface area contributed by atoms with Gasteiger partial charge in [0.05, 0.1) is 10.5 Å². The first-order valence-electron chi connectivity index (χ1n) is 10.5. The molecule has 6 nitrogen and oxygen atoms in total. The van der Waals surface area contributed by atoms with E-state index in [1.807, 2.05) is 6.92 Å². The maximum absolute atomic E-state index is 12.9. The number of nitrogens with zero attached hydrogens (tertiary/aromatic N) is 2. The first kappa shape index (κ1) is 22.7. The molecule has 2 fully saturated rings. The Bertz CT molecular complexity index is 830. The number of halogens is 1. The fourth-order valence-electron chi connectivity index (χ4n) is 4.59. The molecule has 1 N–H and O–H groups in total. The lowest BCUT2D eigenvalue weighted by Gasteiger charge is -2.36. The van der Waals surface area contributed by atoms with E-state index in [0.29, 0.717) is 35.0 Å². The molecule has 3 atom stereocenters. The lowest BCUT2D eigenvalue weighted by atomic mass is 9.92. The maximum Gasteiger partial charge on any atom is 0.252 e. The van der Waals surface area contributed by atoms with E-state index in [4.69, 9.17) is 0 Å². The van der Waals surface area contributed by atoms with E-state index in [2.05, 4.69) is 40.0 Å². The van der Waals surface area contributed by atoms with Crippen LogP contribution in [0.1, 0.15) is 50.4 Å². The van der Waals surface area contributed by atoms with Crippen molar-refractivity contribution >= 4 is 31.9 Å². The summed E-state index contributed by atoms with van der Waals surface area (Å²) in [5, 5.41) is 3.04. The topological polar surface area (TPSA) is 69.7 Å². The minimum atomic E-state index is -3.55. The van der Waals surface area contributed by atoms with Crippen molar-refractivity contribution < 1.29 is 13.2 Å². The fraction of sp³-hybridized carbons (Fsp3) is 0.667. The van der Waals surface area contributed by atoms with Gasteiger partial charge in [-0.05, 0) is 72.2 Å². The van der Waals surface area contributed by atoms with Crippen LogP contribution in [0.15, 0.2) is 27.6 Å². The molecule has 0 spiro atoms. The molecule has 2 heterocycles. The van der Waals surface area contributed by atoms with Gasteiger partial charge >= 0.3 is 0 Å². The van der Waals surface area contributed by atoms with Gasteiger partial charge in [0.2, 0.25) is 10.0 Å². The fourth-order valence-corrected chi connectivity index (χ4v) is 6.56. The van der Waals surface area contributed by atoms with Crippen LogP contribution < -0.4 is 5.32 Å². The molecule has 29 heavy (non-hydrogen) atoms. The molecule has 1 aromatic rings. The van der Waals surface area contributed by atoms with Gasteiger partial charge in [0, 0.05) is 43.2 Å². The largest absolute Gasteiger partial charge is 0.348 e. The molecule has 2 aliphatic rings. The summed E-state index contributed by atoms with van der Waals surface area (Å²) in [5.41, 5.74) is 0.359. The van der Waals surface area contributed by atoms with Gasteiger partial charge in [-0.3, -0.25) is 4.79 Å². The van der Waals surface area contributed by atoms with Gasteiger partial charge in [-0.15, -0.1) is 0 Å². The third-order valence-electron chi connectivity index (χ3n) is 5.74. The number of benzene rings is 1. The third kappa shape index (κ3) is 5.60. The van der Waals surface area contributed by atoms with Crippen molar-refractivity contribution in [2.75, 3.05) is 32.7 Å².